The minimum absolute atomic E-state index is 0.0446. The molecule has 2 heterocycles. The highest BCUT2D eigenvalue weighted by molar-refractivity contribution is 6.10. The average molecular weight is 572 g/mol. The summed E-state index contributed by atoms with van der Waals surface area (Å²) in [5.74, 6) is -3.63. The van der Waals surface area contributed by atoms with Crippen LogP contribution in [0.15, 0.2) is 64.5 Å². The average Bonchev–Trinajstić information content (AvgIpc) is 3.26. The molecular weight excluding hydrogens is 543 g/mol. The summed E-state index contributed by atoms with van der Waals surface area (Å²) >= 11 is 0. The fourth-order valence-corrected chi connectivity index (χ4v) is 4.70. The van der Waals surface area contributed by atoms with Crippen LogP contribution in [-0.2, 0) is 16.1 Å². The van der Waals surface area contributed by atoms with Gasteiger partial charge in [0.25, 0.3) is 11.5 Å². The molecule has 216 valence electrons. The maximum absolute atomic E-state index is 15.2. The lowest BCUT2D eigenvalue weighted by atomic mass is 9.89. The van der Waals surface area contributed by atoms with Gasteiger partial charge in [0.15, 0.2) is 0 Å². The standard InChI is InChI=1S/C29H28F3N3O6/c1-17-10-11-34(12-13-39-2)28(38)25(17)35-16-23(21-9-8-20(40-3)14-24(21)30)22(27(35)37)15-33-26(36)18-4-6-19(7-5-18)41-29(31)32/h4-11,14-15,22-23,29H,12-13,16H2,1-3H3/t22?,23-/m0/s1. The maximum Gasteiger partial charge on any atom is 0.387 e. The second-order valence-corrected chi connectivity index (χ2v) is 9.29. The van der Waals surface area contributed by atoms with Gasteiger partial charge in [-0.1, -0.05) is 6.07 Å². The Morgan fingerprint density at radius 2 is 1.80 bits per heavy atom. The molecule has 0 radical (unpaired) electrons. The molecular formula is C29H28F3N3O6. The molecule has 0 saturated carbocycles. The van der Waals surface area contributed by atoms with Crippen LogP contribution in [0.2, 0.25) is 0 Å². The van der Waals surface area contributed by atoms with Crippen LogP contribution in [0.1, 0.15) is 27.4 Å². The van der Waals surface area contributed by atoms with E-state index in [-0.39, 0.29) is 48.0 Å². The van der Waals surface area contributed by atoms with Crippen molar-refractivity contribution in [3.05, 3.63) is 87.6 Å². The van der Waals surface area contributed by atoms with Crippen molar-refractivity contribution in [1.82, 2.24) is 4.57 Å². The number of aryl methyl sites for hydroxylation is 1. The zero-order valence-electron chi connectivity index (χ0n) is 22.6. The van der Waals surface area contributed by atoms with E-state index in [0.29, 0.717) is 5.56 Å². The molecule has 1 fully saturated rings. The van der Waals surface area contributed by atoms with Gasteiger partial charge in [0, 0.05) is 50.2 Å². The van der Waals surface area contributed by atoms with Crippen LogP contribution in [-0.4, -0.2) is 56.6 Å². The Balaban J connectivity index is 1.70. The van der Waals surface area contributed by atoms with Crippen molar-refractivity contribution in [3.8, 4) is 11.5 Å². The molecule has 41 heavy (non-hydrogen) atoms. The SMILES string of the molecule is COCCn1ccc(C)c(N2C[C@@H](c3ccc(OC)cc3F)C(C=NC(=O)c3ccc(OC(F)F)cc3)C2=O)c1=O. The van der Waals surface area contributed by atoms with Crippen LogP contribution in [0.5, 0.6) is 11.5 Å². The molecule has 2 atom stereocenters. The Kier molecular flexibility index (Phi) is 9.23. The number of nitrogens with zero attached hydrogens (tertiary/aromatic N) is 3. The minimum atomic E-state index is -3.02. The number of alkyl halides is 2. The van der Waals surface area contributed by atoms with Crippen molar-refractivity contribution in [1.29, 1.82) is 0 Å². The van der Waals surface area contributed by atoms with Gasteiger partial charge in [-0.2, -0.15) is 8.78 Å². The number of halogens is 3. The van der Waals surface area contributed by atoms with Crippen molar-refractivity contribution in [2.45, 2.75) is 26.0 Å². The summed E-state index contributed by atoms with van der Waals surface area (Å²) in [6.07, 6.45) is 2.75. The van der Waals surface area contributed by atoms with Crippen molar-refractivity contribution in [2.24, 2.45) is 10.9 Å². The van der Waals surface area contributed by atoms with Gasteiger partial charge in [-0.15, -0.1) is 0 Å². The third kappa shape index (κ3) is 6.49. The number of carbonyl (C=O) groups excluding carboxylic acids is 2. The lowest BCUT2D eigenvalue weighted by Crippen LogP contribution is -2.35. The number of ether oxygens (including phenoxy) is 3. The van der Waals surface area contributed by atoms with E-state index >= 15 is 4.39 Å². The highest BCUT2D eigenvalue weighted by atomic mass is 19.3. The summed E-state index contributed by atoms with van der Waals surface area (Å²) in [5.41, 5.74) is 0.531. The molecule has 2 amide bonds. The Labute approximate surface area is 233 Å². The number of aromatic nitrogens is 1. The van der Waals surface area contributed by atoms with Gasteiger partial charge in [0.1, 0.15) is 23.0 Å². The van der Waals surface area contributed by atoms with Crippen LogP contribution in [0.4, 0.5) is 18.9 Å². The first-order valence-electron chi connectivity index (χ1n) is 12.6. The van der Waals surface area contributed by atoms with E-state index in [4.69, 9.17) is 9.47 Å². The first kappa shape index (κ1) is 29.5. The van der Waals surface area contributed by atoms with Crippen molar-refractivity contribution >= 4 is 23.7 Å². The summed E-state index contributed by atoms with van der Waals surface area (Å²) in [6.45, 7) is -0.819. The Hall–Kier alpha value is -4.45. The van der Waals surface area contributed by atoms with Gasteiger partial charge >= 0.3 is 6.61 Å². The monoisotopic (exact) mass is 571 g/mol. The molecule has 1 aliphatic heterocycles. The van der Waals surface area contributed by atoms with Crippen LogP contribution >= 0.6 is 0 Å². The first-order valence-corrected chi connectivity index (χ1v) is 12.6. The van der Waals surface area contributed by atoms with Crippen molar-refractivity contribution in [3.63, 3.8) is 0 Å². The predicted octanol–water partition coefficient (Wildman–Crippen LogP) is 4.21. The second kappa shape index (κ2) is 12.8. The number of anilines is 1. The Morgan fingerprint density at radius 3 is 2.44 bits per heavy atom. The Bertz CT molecular complexity index is 1510. The molecule has 1 unspecified atom stereocenters. The predicted molar refractivity (Wildman–Crippen MR) is 145 cm³/mol. The van der Waals surface area contributed by atoms with E-state index in [9.17, 15) is 23.2 Å². The summed E-state index contributed by atoms with van der Waals surface area (Å²) < 4.78 is 55.9. The van der Waals surface area contributed by atoms with Crippen LogP contribution in [0, 0.1) is 18.7 Å². The van der Waals surface area contributed by atoms with Crippen molar-refractivity contribution in [2.75, 3.05) is 32.3 Å². The summed E-state index contributed by atoms with van der Waals surface area (Å²) in [5, 5.41) is 0. The molecule has 1 aliphatic rings. The molecule has 1 aromatic heterocycles. The number of benzene rings is 2. The zero-order chi connectivity index (χ0) is 29.7. The van der Waals surface area contributed by atoms with Gasteiger partial charge in [-0.25, -0.2) is 9.38 Å². The molecule has 1 saturated heterocycles. The van der Waals surface area contributed by atoms with Crippen molar-refractivity contribution < 1.29 is 37.0 Å². The summed E-state index contributed by atoms with van der Waals surface area (Å²) in [4.78, 5) is 45.1. The number of amides is 2. The number of hydrogen-bond donors (Lipinski definition) is 0. The number of carbonyl (C=O) groups is 2. The van der Waals surface area contributed by atoms with E-state index in [1.54, 1.807) is 25.3 Å². The summed E-state index contributed by atoms with van der Waals surface area (Å²) in [6, 6.07) is 10.9. The van der Waals surface area contributed by atoms with Gasteiger partial charge < -0.3 is 23.7 Å². The molecule has 0 spiro atoms. The van der Waals surface area contributed by atoms with Crippen LogP contribution in [0.25, 0.3) is 0 Å². The molecule has 0 N–H and O–H groups in total. The normalized spacial score (nSPS) is 17.0. The fraction of sp³-hybridized carbons (Fsp3) is 0.310. The van der Waals surface area contributed by atoms with Gasteiger partial charge in [-0.05, 0) is 54.4 Å². The molecule has 0 bridgehead atoms. The third-order valence-electron chi connectivity index (χ3n) is 6.80. The number of rotatable bonds is 10. The molecule has 3 aromatic rings. The van der Waals surface area contributed by atoms with E-state index in [0.717, 1.165) is 6.21 Å². The second-order valence-electron chi connectivity index (χ2n) is 9.29. The molecule has 0 aliphatic carbocycles. The lowest BCUT2D eigenvalue weighted by molar-refractivity contribution is -0.118. The molecule has 2 aromatic carbocycles. The third-order valence-corrected chi connectivity index (χ3v) is 6.80. The lowest BCUT2D eigenvalue weighted by Gasteiger charge is -2.20. The molecule has 9 nitrogen and oxygen atoms in total. The van der Waals surface area contributed by atoms with E-state index in [1.807, 2.05) is 0 Å². The number of methoxy groups -OCH3 is 2. The maximum atomic E-state index is 15.2. The largest absolute Gasteiger partial charge is 0.497 e. The smallest absolute Gasteiger partial charge is 0.387 e. The van der Waals surface area contributed by atoms with Gasteiger partial charge in [0.05, 0.1) is 19.6 Å². The van der Waals surface area contributed by atoms with Crippen LogP contribution in [0.3, 0.4) is 0 Å². The van der Waals surface area contributed by atoms with E-state index < -0.39 is 41.6 Å². The first-order chi connectivity index (χ1) is 19.6. The van der Waals surface area contributed by atoms with E-state index in [2.05, 4.69) is 9.73 Å². The minimum Gasteiger partial charge on any atom is -0.497 e. The molecule has 12 heteroatoms. The number of aliphatic imine (C=N–C) groups is 1. The topological polar surface area (TPSA) is 99.4 Å². The van der Waals surface area contributed by atoms with Crippen LogP contribution < -0.4 is 19.9 Å². The zero-order valence-corrected chi connectivity index (χ0v) is 22.6. The highest BCUT2D eigenvalue weighted by Gasteiger charge is 2.43. The van der Waals surface area contributed by atoms with Gasteiger partial charge in [0.2, 0.25) is 5.91 Å². The summed E-state index contributed by atoms with van der Waals surface area (Å²) in [7, 11) is 2.91. The fourth-order valence-electron chi connectivity index (χ4n) is 4.70. The number of pyridine rings is 1. The Morgan fingerprint density at radius 1 is 1.10 bits per heavy atom. The number of hydrogen-bond acceptors (Lipinski definition) is 6. The molecule has 4 rings (SSSR count). The van der Waals surface area contributed by atoms with E-state index in [1.165, 1.54) is 60.1 Å². The highest BCUT2D eigenvalue weighted by Crippen LogP contribution is 2.37. The van der Waals surface area contributed by atoms with Gasteiger partial charge in [-0.3, -0.25) is 14.4 Å². The quantitative estimate of drug-likeness (QED) is 0.338.